The predicted octanol–water partition coefficient (Wildman–Crippen LogP) is -0.319. The lowest BCUT2D eigenvalue weighted by molar-refractivity contribution is -0.221. The number of carbonyl (C=O) groups is 2. The van der Waals surface area contributed by atoms with E-state index < -0.39 is 39.1 Å². The van der Waals surface area contributed by atoms with Crippen LogP contribution in [0.1, 0.15) is 36.5 Å². The number of rotatable bonds is 2. The van der Waals surface area contributed by atoms with Crippen molar-refractivity contribution in [2.45, 2.75) is 48.4 Å². The average Bonchev–Trinajstić information content (AvgIpc) is 2.65. The lowest BCUT2D eigenvalue weighted by Crippen LogP contribution is -2.59. The third-order valence-electron chi connectivity index (χ3n) is 5.40. The van der Waals surface area contributed by atoms with Gasteiger partial charge in [-0.2, -0.15) is 0 Å². The van der Waals surface area contributed by atoms with E-state index in [2.05, 4.69) is 0 Å². The van der Waals surface area contributed by atoms with Gasteiger partial charge < -0.3 is 25.0 Å². The molecular weight excluding hydrogens is 423 g/mol. The number of aliphatic hydroxyl groups excluding tert-OH is 1. The molecule has 0 aliphatic carbocycles. The van der Waals surface area contributed by atoms with E-state index in [9.17, 15) is 27.8 Å². The van der Waals surface area contributed by atoms with Crippen LogP contribution in [0, 0.1) is 5.82 Å². The molecule has 0 unspecified atom stereocenters. The Morgan fingerprint density at radius 3 is 2.43 bits per heavy atom. The number of aliphatic hydroxyl groups is 2. The Morgan fingerprint density at radius 2 is 1.93 bits per heavy atom. The van der Waals surface area contributed by atoms with Crippen LogP contribution in [0.5, 0.6) is 0 Å². The number of ether oxygens (including phenoxy) is 1. The van der Waals surface area contributed by atoms with E-state index in [1.54, 1.807) is 6.92 Å². The number of amides is 1. The van der Waals surface area contributed by atoms with E-state index in [1.165, 1.54) is 4.90 Å². The Labute approximate surface area is 173 Å². The number of halogens is 1. The number of carboxylic acid groups (broad SMARTS) is 1. The fourth-order valence-corrected chi connectivity index (χ4v) is 4.25. The maximum Gasteiger partial charge on any atom is 0.290 e. The van der Waals surface area contributed by atoms with Crippen LogP contribution < -0.4 is 5.14 Å². The van der Waals surface area contributed by atoms with Crippen LogP contribution in [0.15, 0.2) is 23.1 Å². The van der Waals surface area contributed by atoms with Crippen molar-refractivity contribution in [3.8, 4) is 0 Å². The minimum atomic E-state index is -4.06. The Bertz CT molecular complexity index is 897. The minimum Gasteiger partial charge on any atom is -0.483 e. The van der Waals surface area contributed by atoms with Crippen molar-refractivity contribution in [1.82, 2.24) is 4.90 Å². The molecule has 30 heavy (non-hydrogen) atoms. The molecule has 3 rings (SSSR count). The zero-order chi connectivity index (χ0) is 22.7. The van der Waals surface area contributed by atoms with Gasteiger partial charge in [-0.3, -0.25) is 9.59 Å². The molecule has 2 heterocycles. The van der Waals surface area contributed by atoms with Gasteiger partial charge in [0.25, 0.3) is 12.4 Å². The molecule has 2 saturated heterocycles. The molecule has 0 bridgehead atoms. The third kappa shape index (κ3) is 5.32. The van der Waals surface area contributed by atoms with E-state index in [4.69, 9.17) is 19.8 Å². The summed E-state index contributed by atoms with van der Waals surface area (Å²) in [6.45, 7) is 1.81. The summed E-state index contributed by atoms with van der Waals surface area (Å²) in [5, 5.41) is 32.1. The van der Waals surface area contributed by atoms with E-state index in [-0.39, 0.29) is 43.0 Å². The summed E-state index contributed by atoms with van der Waals surface area (Å²) in [4.78, 5) is 22.1. The number of primary sulfonamides is 1. The number of sulfonamides is 1. The molecule has 1 aromatic carbocycles. The minimum absolute atomic E-state index is 0.00593. The second-order valence-corrected chi connectivity index (χ2v) is 9.19. The highest BCUT2D eigenvalue weighted by atomic mass is 32.2. The fraction of sp³-hybridized carbons (Fsp3) is 0.556. The largest absolute Gasteiger partial charge is 0.483 e. The Kier molecular flexibility index (Phi) is 7.20. The van der Waals surface area contributed by atoms with Gasteiger partial charge in [-0.1, -0.05) is 0 Å². The maximum absolute atomic E-state index is 14.1. The number of piperidine rings is 1. The molecule has 2 fully saturated rings. The summed E-state index contributed by atoms with van der Waals surface area (Å²) in [7, 11) is -4.06. The highest BCUT2D eigenvalue weighted by molar-refractivity contribution is 7.89. The molecule has 0 radical (unpaired) electrons. The van der Waals surface area contributed by atoms with Crippen molar-refractivity contribution in [3.63, 3.8) is 0 Å². The van der Waals surface area contributed by atoms with Gasteiger partial charge >= 0.3 is 0 Å². The SMILES string of the molecule is C[C@]1(O)CC2(CCN(C(=O)c3cc(S(N)(=O)=O)ccc3F)CC2)OC[C@@H]1O.O=CO. The van der Waals surface area contributed by atoms with Gasteiger partial charge in [0, 0.05) is 19.5 Å². The Balaban J connectivity index is 0.00000101. The number of nitrogens with zero attached hydrogens (tertiary/aromatic N) is 1. The summed E-state index contributed by atoms with van der Waals surface area (Å²) in [6.07, 6.45) is 0.0899. The van der Waals surface area contributed by atoms with Gasteiger partial charge in [0.2, 0.25) is 10.0 Å². The van der Waals surface area contributed by atoms with Gasteiger partial charge in [-0.25, -0.2) is 17.9 Å². The van der Waals surface area contributed by atoms with E-state index in [0.29, 0.717) is 12.8 Å². The van der Waals surface area contributed by atoms with Crippen LogP contribution in [0.4, 0.5) is 4.39 Å². The first kappa shape index (κ1) is 24.2. The summed E-state index contributed by atoms with van der Waals surface area (Å²) < 4.78 is 42.8. The van der Waals surface area contributed by atoms with Gasteiger partial charge in [-0.15, -0.1) is 0 Å². The summed E-state index contributed by atoms with van der Waals surface area (Å²) in [6, 6.07) is 2.85. The number of carbonyl (C=O) groups excluding carboxylic acids is 1. The van der Waals surface area contributed by atoms with E-state index in [0.717, 1.165) is 18.2 Å². The molecule has 5 N–H and O–H groups in total. The molecule has 10 nitrogen and oxygen atoms in total. The molecule has 168 valence electrons. The summed E-state index contributed by atoms with van der Waals surface area (Å²) >= 11 is 0. The van der Waals surface area contributed by atoms with Gasteiger partial charge in [-0.05, 0) is 38.0 Å². The molecule has 2 atom stereocenters. The number of nitrogens with two attached hydrogens (primary N) is 1. The van der Waals surface area contributed by atoms with Crippen LogP contribution in [0.25, 0.3) is 0 Å². The second-order valence-electron chi connectivity index (χ2n) is 7.63. The Morgan fingerprint density at radius 1 is 1.37 bits per heavy atom. The predicted molar refractivity (Wildman–Crippen MR) is 102 cm³/mol. The first-order chi connectivity index (χ1) is 13.8. The van der Waals surface area contributed by atoms with Crippen molar-refractivity contribution >= 4 is 22.4 Å². The topological polar surface area (TPSA) is 167 Å². The highest BCUT2D eigenvalue weighted by Crippen LogP contribution is 2.39. The van der Waals surface area contributed by atoms with Crippen LogP contribution in [-0.2, 0) is 19.6 Å². The standard InChI is InChI=1S/C17H23FN2O6S.CH2O2/c1-16(23)10-17(26-9-14(16)21)4-6-20(7-5-17)15(22)12-8-11(27(19,24)25)2-3-13(12)18;2-1-3/h2-3,8,14,21,23H,4-7,9-10H2,1H3,(H2,19,24,25);1H,(H,2,3)/t14-,16-;/m0./s1. The molecule has 2 aliphatic heterocycles. The quantitative estimate of drug-likeness (QED) is 0.447. The third-order valence-corrected chi connectivity index (χ3v) is 6.31. The van der Waals surface area contributed by atoms with E-state index >= 15 is 0 Å². The lowest BCUT2D eigenvalue weighted by Gasteiger charge is -2.49. The van der Waals surface area contributed by atoms with Crippen molar-refractivity contribution in [1.29, 1.82) is 0 Å². The van der Waals surface area contributed by atoms with Crippen LogP contribution in [-0.4, -0.2) is 78.0 Å². The number of hydrogen-bond acceptors (Lipinski definition) is 7. The van der Waals surface area contributed by atoms with Gasteiger partial charge in [0.1, 0.15) is 11.9 Å². The van der Waals surface area contributed by atoms with Crippen molar-refractivity contribution in [3.05, 3.63) is 29.6 Å². The summed E-state index contributed by atoms with van der Waals surface area (Å²) in [5.41, 5.74) is -2.29. The highest BCUT2D eigenvalue weighted by Gasteiger charge is 2.49. The maximum atomic E-state index is 14.1. The number of benzene rings is 1. The first-order valence-corrected chi connectivity index (χ1v) is 10.6. The van der Waals surface area contributed by atoms with Crippen molar-refractivity contribution < 1.29 is 42.5 Å². The molecule has 0 aromatic heterocycles. The molecule has 1 aromatic rings. The van der Waals surface area contributed by atoms with Gasteiger partial charge in [0.05, 0.1) is 28.3 Å². The van der Waals surface area contributed by atoms with Crippen molar-refractivity contribution in [2.75, 3.05) is 19.7 Å². The average molecular weight is 448 g/mol. The van der Waals surface area contributed by atoms with E-state index in [1.807, 2.05) is 0 Å². The molecule has 2 aliphatic rings. The van der Waals surface area contributed by atoms with Crippen LogP contribution >= 0.6 is 0 Å². The Hall–Kier alpha value is -2.12. The fourth-order valence-electron chi connectivity index (χ4n) is 3.71. The number of likely N-dealkylation sites (tertiary alicyclic amines) is 1. The van der Waals surface area contributed by atoms with Crippen LogP contribution in [0.2, 0.25) is 0 Å². The first-order valence-electron chi connectivity index (χ1n) is 9.09. The summed E-state index contributed by atoms with van der Waals surface area (Å²) in [5.74, 6) is -1.46. The van der Waals surface area contributed by atoms with Crippen molar-refractivity contribution in [2.24, 2.45) is 5.14 Å². The number of hydrogen-bond donors (Lipinski definition) is 4. The normalized spacial score (nSPS) is 25.9. The van der Waals surface area contributed by atoms with Crippen LogP contribution in [0.3, 0.4) is 0 Å². The molecule has 0 saturated carbocycles. The zero-order valence-electron chi connectivity index (χ0n) is 16.3. The van der Waals surface area contributed by atoms with Gasteiger partial charge in [0.15, 0.2) is 0 Å². The lowest BCUT2D eigenvalue weighted by atomic mass is 9.76. The smallest absolute Gasteiger partial charge is 0.290 e. The monoisotopic (exact) mass is 448 g/mol. The molecule has 1 spiro atoms. The second kappa shape index (κ2) is 8.94. The molecule has 1 amide bonds. The zero-order valence-corrected chi connectivity index (χ0v) is 17.1. The molecule has 12 heteroatoms. The molecular formula is C18H25FN2O8S.